The van der Waals surface area contributed by atoms with E-state index in [4.69, 9.17) is 25.8 Å². The zero-order chi connectivity index (χ0) is 59.8. The van der Waals surface area contributed by atoms with E-state index in [9.17, 15) is 56.7 Å². The average molecular weight is 1270 g/mol. The van der Waals surface area contributed by atoms with Gasteiger partial charge in [-0.15, -0.1) is 11.6 Å². The predicted octanol–water partition coefficient (Wildman–Crippen LogP) is 9.12. The molecule has 5 N–H and O–H groups in total. The van der Waals surface area contributed by atoms with Gasteiger partial charge in [0, 0.05) is 71.6 Å². The summed E-state index contributed by atoms with van der Waals surface area (Å²) in [5.41, 5.74) is 5.25. The minimum absolute atomic E-state index is 0. The molecule has 0 saturated heterocycles. The van der Waals surface area contributed by atoms with Crippen molar-refractivity contribution in [3.8, 4) is 5.75 Å². The normalized spacial score (nSPS) is 20.7. The molecule has 3 aromatic carbocycles. The van der Waals surface area contributed by atoms with Gasteiger partial charge < -0.3 is 24.4 Å². The number of nitrogens with one attached hydrogen (secondary N) is 1. The Kier molecular flexibility index (Phi) is 23.4. The zero-order valence-electron chi connectivity index (χ0n) is 47.1. The molecule has 4 aliphatic heterocycles. The topological polar surface area (TPSA) is 281 Å². The summed E-state index contributed by atoms with van der Waals surface area (Å²) < 4.78 is 161. The molecule has 0 saturated carbocycles. The Bertz CT molecular complexity index is 3550. The molecule has 25 heteroatoms. The number of amides is 1. The second kappa shape index (κ2) is 29.0. The van der Waals surface area contributed by atoms with Gasteiger partial charge in [0.25, 0.3) is 46.4 Å². The molecule has 1 amide bonds. The van der Waals surface area contributed by atoms with E-state index in [1.807, 2.05) is 38.2 Å². The third-order valence-corrected chi connectivity index (χ3v) is 20.1. The van der Waals surface area contributed by atoms with Gasteiger partial charge in [-0.3, -0.25) is 23.0 Å². The van der Waals surface area contributed by atoms with Gasteiger partial charge in [-0.1, -0.05) is 43.9 Å². The average Bonchev–Trinajstić information content (AvgIpc) is 2.06. The molecule has 0 spiro atoms. The van der Waals surface area contributed by atoms with Gasteiger partial charge in [0.1, 0.15) is 27.8 Å². The number of nitrogens with zero attached hydrogens (tertiary/aromatic N) is 2. The van der Waals surface area contributed by atoms with Crippen molar-refractivity contribution in [3.05, 3.63) is 123 Å². The van der Waals surface area contributed by atoms with E-state index in [1.54, 1.807) is 36.4 Å². The van der Waals surface area contributed by atoms with Crippen molar-refractivity contribution in [2.45, 2.75) is 144 Å². The number of anilines is 1. The standard InChI is InChI=1S/C59H76ClN3O16S4.Na.H/c1-58(30-5-9-40-80(65,66)67)50(62-34-12-16-42-20-26-48(82(71,72)73)52(58)54(42)62)28-22-44-14-11-15-45(56(44)79-47-24-18-46(19-25-47)57(64)61-33-37-78-39-38-77-36-8-4-3-7-32-60)23-29-51-59(2,31-6-10-41-81(68,69)70)53-49(83(74,75)76)27-21-43-17-13-35-63(51)55(43)53;;/h18-29H,3-17,30-41H2,1-2H3,(H4-,61,64,65,66,67,68,69,70,71,72,73,74,75,76);;/p+1. The number of halogens is 1. The zero-order valence-corrected chi connectivity index (χ0v) is 51.1. The molecule has 1 aliphatic carbocycles. The predicted molar refractivity (Wildman–Crippen MR) is 325 cm³/mol. The minimum atomic E-state index is -4.74. The van der Waals surface area contributed by atoms with Gasteiger partial charge in [-0.25, -0.2) is 0 Å². The molecule has 0 aromatic heterocycles. The third kappa shape index (κ3) is 16.5. The number of hydrogen-bond acceptors (Lipinski definition) is 13. The molecule has 84 heavy (non-hydrogen) atoms. The van der Waals surface area contributed by atoms with Gasteiger partial charge in [-0.2, -0.15) is 38.2 Å². The summed E-state index contributed by atoms with van der Waals surface area (Å²) in [6, 6.07) is 13.0. The molecule has 5 aliphatic rings. The summed E-state index contributed by atoms with van der Waals surface area (Å²) in [5.74, 6) is 0.275. The number of unbranched alkanes of at least 4 members (excludes halogenated alkanes) is 5. The van der Waals surface area contributed by atoms with Crippen molar-refractivity contribution in [3.63, 3.8) is 0 Å². The fourth-order valence-electron chi connectivity index (χ4n) is 12.6. The van der Waals surface area contributed by atoms with Crippen LogP contribution in [0.25, 0.3) is 0 Å². The number of aryl methyl sites for hydroxylation is 2. The van der Waals surface area contributed by atoms with Gasteiger partial charge in [0.2, 0.25) is 5.69 Å². The number of alkyl halides is 1. The van der Waals surface area contributed by atoms with Crippen molar-refractivity contribution in [2.75, 3.05) is 68.3 Å². The fraction of sp³-hybridized carbons (Fsp3) is 0.525. The van der Waals surface area contributed by atoms with Crippen molar-refractivity contribution < 1.29 is 75.5 Å². The van der Waals surface area contributed by atoms with Crippen molar-refractivity contribution >= 4 is 105 Å². The summed E-state index contributed by atoms with van der Waals surface area (Å²) in [4.78, 5) is 14.9. The first-order valence-corrected chi connectivity index (χ1v) is 35.2. The molecule has 456 valence electrons. The Morgan fingerprint density at radius 2 is 1.29 bits per heavy atom. The van der Waals surface area contributed by atoms with Crippen LogP contribution in [0.2, 0.25) is 0 Å². The van der Waals surface area contributed by atoms with E-state index < -0.39 is 62.8 Å². The Balaban J connectivity index is 0.0000101. The first-order valence-electron chi connectivity index (χ1n) is 28.5. The van der Waals surface area contributed by atoms with Gasteiger partial charge in [0.05, 0.1) is 42.3 Å². The number of ether oxygens (including phenoxy) is 3. The molecule has 2 atom stereocenters. The second-order valence-electron chi connectivity index (χ2n) is 22.4. The van der Waals surface area contributed by atoms with Crippen LogP contribution in [0.1, 0.15) is 143 Å². The molecule has 19 nitrogen and oxygen atoms in total. The summed E-state index contributed by atoms with van der Waals surface area (Å²) in [6.07, 6.45) is 17.7. The van der Waals surface area contributed by atoms with Crippen LogP contribution in [0.15, 0.2) is 105 Å². The van der Waals surface area contributed by atoms with Gasteiger partial charge >= 0.3 is 29.6 Å². The van der Waals surface area contributed by atoms with E-state index in [0.29, 0.717) is 117 Å². The number of carbonyl (C=O) groups is 1. The molecule has 2 unspecified atom stereocenters. The number of rotatable bonds is 30. The first kappa shape index (κ1) is 67.7. The van der Waals surface area contributed by atoms with Crippen LogP contribution < -0.4 is 15.0 Å². The van der Waals surface area contributed by atoms with E-state index in [1.165, 1.54) is 12.1 Å². The fourth-order valence-corrected chi connectivity index (χ4v) is 15.5. The van der Waals surface area contributed by atoms with Crippen molar-refractivity contribution in [1.29, 1.82) is 0 Å². The van der Waals surface area contributed by atoms with Crippen LogP contribution >= 0.6 is 11.6 Å². The number of allylic oxidation sites excluding steroid dienone is 7. The Morgan fingerprint density at radius 3 is 1.94 bits per heavy atom. The molecular formula is C59H78ClN3NaO16S4+. The van der Waals surface area contributed by atoms with Crippen LogP contribution in [0.5, 0.6) is 5.75 Å². The Labute approximate surface area is 522 Å². The molecule has 0 radical (unpaired) electrons. The summed E-state index contributed by atoms with van der Waals surface area (Å²) >= 11 is 5.75. The molecular weight excluding hydrogens is 1190 g/mol. The van der Waals surface area contributed by atoms with Crippen LogP contribution in [0.3, 0.4) is 0 Å². The number of carbonyl (C=O) groups excluding carboxylic acids is 1. The van der Waals surface area contributed by atoms with Gasteiger partial charge in [0.15, 0.2) is 5.71 Å². The quantitative estimate of drug-likeness (QED) is 0.0137. The second-order valence-corrected chi connectivity index (χ2v) is 28.7. The molecule has 8 rings (SSSR count). The Morgan fingerprint density at radius 1 is 0.667 bits per heavy atom. The first-order chi connectivity index (χ1) is 39.3. The van der Waals surface area contributed by atoms with Crippen molar-refractivity contribution in [2.24, 2.45) is 0 Å². The monoisotopic (exact) mass is 1270 g/mol. The Hall–Kier alpha value is -3.79. The molecule has 0 fully saturated rings. The maximum absolute atomic E-state index is 13.3. The molecule has 4 heterocycles. The summed E-state index contributed by atoms with van der Waals surface area (Å²) in [7, 11) is -18.0. The number of hydrogen-bond donors (Lipinski definition) is 5. The number of benzene rings is 3. The van der Waals surface area contributed by atoms with Crippen molar-refractivity contribution in [1.82, 2.24) is 5.32 Å². The van der Waals surface area contributed by atoms with Gasteiger partial charge in [-0.05, 0) is 156 Å². The van der Waals surface area contributed by atoms with E-state index in [2.05, 4.69) is 14.8 Å². The van der Waals surface area contributed by atoms with Crippen LogP contribution in [0, 0.1) is 0 Å². The summed E-state index contributed by atoms with van der Waals surface area (Å²) in [6.45, 7) is 6.90. The molecule has 3 aromatic rings. The van der Waals surface area contributed by atoms with E-state index in [-0.39, 0.29) is 90.3 Å². The molecule has 0 bridgehead atoms. The SMILES string of the molecule is CC1(CCCCS(=O)(=O)O)C(/C=C/C2=C(Oc3ccc(C(=O)NCCOCCOCCCCCCCl)cc3)C(=C/C=C3/N4CCCc5ccc(S(=O)(=O)O)c(c54)C3(C)CCCCS(=O)(=O)O)/CCC2)=[N+]2CCCc3ccc(S(=O)(=O)O)c1c32.[NaH]. The maximum atomic E-state index is 13.3. The van der Waals surface area contributed by atoms with Crippen LogP contribution in [-0.4, -0.2) is 161 Å². The third-order valence-electron chi connectivity index (χ3n) is 16.4. The summed E-state index contributed by atoms with van der Waals surface area (Å²) in [5, 5.41) is 2.89. The van der Waals surface area contributed by atoms with Crippen LogP contribution in [0.4, 0.5) is 11.4 Å². The van der Waals surface area contributed by atoms with E-state index in [0.717, 1.165) is 72.2 Å². The van der Waals surface area contributed by atoms with E-state index >= 15 is 0 Å². The van der Waals surface area contributed by atoms with Crippen LogP contribution in [-0.2, 0) is 73.6 Å².